The van der Waals surface area contributed by atoms with Crippen LogP contribution in [0.5, 0.6) is 0 Å². The monoisotopic (exact) mass is 268 g/mol. The van der Waals surface area contributed by atoms with E-state index in [1.165, 1.54) is 25.1 Å². The third kappa shape index (κ3) is 3.17. The number of alkyl halides is 1. The SMILES string of the molecule is CCOC(=O)c1ccc(C=O)cc1C(Cl)C(C)=O. The first-order valence-corrected chi connectivity index (χ1v) is 5.85. The van der Waals surface area contributed by atoms with E-state index in [-0.39, 0.29) is 18.0 Å². The van der Waals surface area contributed by atoms with Crippen LogP contribution in [0.15, 0.2) is 18.2 Å². The summed E-state index contributed by atoms with van der Waals surface area (Å²) in [6.07, 6.45) is 0.627. The Morgan fingerprint density at radius 1 is 1.44 bits per heavy atom. The molecule has 0 heterocycles. The van der Waals surface area contributed by atoms with Crippen LogP contribution < -0.4 is 0 Å². The van der Waals surface area contributed by atoms with E-state index < -0.39 is 11.3 Å². The topological polar surface area (TPSA) is 60.4 Å². The molecule has 1 aromatic rings. The van der Waals surface area contributed by atoms with E-state index in [1.807, 2.05) is 0 Å². The minimum atomic E-state index is -0.968. The summed E-state index contributed by atoms with van der Waals surface area (Å²) < 4.78 is 4.87. The molecule has 0 amide bonds. The lowest BCUT2D eigenvalue weighted by molar-refractivity contribution is -0.116. The Bertz CT molecular complexity index is 482. The van der Waals surface area contributed by atoms with Crippen molar-refractivity contribution in [2.75, 3.05) is 6.61 Å². The van der Waals surface area contributed by atoms with Crippen LogP contribution in [-0.2, 0) is 9.53 Å². The maximum Gasteiger partial charge on any atom is 0.338 e. The number of ketones is 1. The van der Waals surface area contributed by atoms with Crippen LogP contribution in [0.3, 0.4) is 0 Å². The lowest BCUT2D eigenvalue weighted by atomic mass is 9.99. The summed E-state index contributed by atoms with van der Waals surface area (Å²) in [7, 11) is 0. The van der Waals surface area contributed by atoms with Crippen LogP contribution in [0.4, 0.5) is 0 Å². The number of benzene rings is 1. The Hall–Kier alpha value is -1.68. The van der Waals surface area contributed by atoms with Crippen LogP contribution in [0.2, 0.25) is 0 Å². The van der Waals surface area contributed by atoms with Crippen LogP contribution in [0.1, 0.15) is 45.5 Å². The van der Waals surface area contributed by atoms with Gasteiger partial charge >= 0.3 is 5.97 Å². The summed E-state index contributed by atoms with van der Waals surface area (Å²) in [5.41, 5.74) is 0.856. The molecule has 0 aliphatic heterocycles. The zero-order valence-electron chi connectivity index (χ0n) is 10.1. The van der Waals surface area contributed by atoms with Crippen molar-refractivity contribution in [3.05, 3.63) is 34.9 Å². The Morgan fingerprint density at radius 3 is 2.61 bits per heavy atom. The molecule has 0 radical (unpaired) electrons. The molecule has 0 aliphatic carbocycles. The van der Waals surface area contributed by atoms with E-state index in [0.29, 0.717) is 17.4 Å². The Kier molecular flexibility index (Phi) is 5.04. The summed E-state index contributed by atoms with van der Waals surface area (Å²) in [6, 6.07) is 4.35. The van der Waals surface area contributed by atoms with E-state index in [1.54, 1.807) is 6.92 Å². The van der Waals surface area contributed by atoms with Gasteiger partial charge in [0.05, 0.1) is 12.2 Å². The number of rotatable bonds is 5. The molecule has 0 spiro atoms. The number of carbonyl (C=O) groups is 3. The first-order valence-electron chi connectivity index (χ1n) is 5.42. The normalized spacial score (nSPS) is 11.7. The lowest BCUT2D eigenvalue weighted by Crippen LogP contribution is -2.12. The van der Waals surface area contributed by atoms with E-state index in [4.69, 9.17) is 16.3 Å². The highest BCUT2D eigenvalue weighted by Gasteiger charge is 2.22. The Balaban J connectivity index is 3.28. The molecule has 5 heteroatoms. The number of hydrogen-bond acceptors (Lipinski definition) is 4. The van der Waals surface area contributed by atoms with Crippen LogP contribution >= 0.6 is 11.6 Å². The van der Waals surface area contributed by atoms with Gasteiger partial charge in [0.2, 0.25) is 0 Å². The molecule has 4 nitrogen and oxygen atoms in total. The number of halogens is 1. The molecule has 0 N–H and O–H groups in total. The average Bonchev–Trinajstić information content (AvgIpc) is 2.37. The van der Waals surface area contributed by atoms with Crippen LogP contribution in [0, 0.1) is 0 Å². The second kappa shape index (κ2) is 6.31. The molecular weight excluding hydrogens is 256 g/mol. The molecule has 0 aromatic heterocycles. The third-order valence-corrected chi connectivity index (χ3v) is 2.88. The third-order valence-electron chi connectivity index (χ3n) is 2.34. The standard InChI is InChI=1S/C13H13ClO4/c1-3-18-13(17)10-5-4-9(7-15)6-11(10)12(14)8(2)16/h4-7,12H,3H2,1-2H3. The lowest BCUT2D eigenvalue weighted by Gasteiger charge is -2.12. The number of ether oxygens (including phenoxy) is 1. The minimum absolute atomic E-state index is 0.206. The number of aldehydes is 1. The smallest absolute Gasteiger partial charge is 0.338 e. The van der Waals surface area contributed by atoms with Gasteiger partial charge in [-0.25, -0.2) is 4.79 Å². The van der Waals surface area contributed by atoms with E-state index >= 15 is 0 Å². The fraction of sp³-hybridized carbons (Fsp3) is 0.308. The van der Waals surface area contributed by atoms with Crippen LogP contribution in [0.25, 0.3) is 0 Å². The molecule has 96 valence electrons. The Morgan fingerprint density at radius 2 is 2.11 bits per heavy atom. The minimum Gasteiger partial charge on any atom is -0.462 e. The quantitative estimate of drug-likeness (QED) is 0.468. The first-order chi connectivity index (χ1) is 8.51. The summed E-state index contributed by atoms with van der Waals surface area (Å²) in [6.45, 7) is 3.22. The summed E-state index contributed by atoms with van der Waals surface area (Å²) in [5.74, 6) is -0.859. The summed E-state index contributed by atoms with van der Waals surface area (Å²) in [4.78, 5) is 33.7. The average molecular weight is 269 g/mol. The second-order valence-corrected chi connectivity index (χ2v) is 4.09. The van der Waals surface area contributed by atoms with Gasteiger partial charge in [0.1, 0.15) is 11.7 Å². The van der Waals surface area contributed by atoms with Crippen molar-refractivity contribution in [3.8, 4) is 0 Å². The van der Waals surface area contributed by atoms with Crippen molar-refractivity contribution in [1.29, 1.82) is 0 Å². The van der Waals surface area contributed by atoms with E-state index in [2.05, 4.69) is 0 Å². The summed E-state index contributed by atoms with van der Waals surface area (Å²) >= 11 is 5.95. The van der Waals surface area contributed by atoms with Crippen molar-refractivity contribution in [2.45, 2.75) is 19.2 Å². The van der Waals surface area contributed by atoms with Gasteiger partial charge in [-0.3, -0.25) is 9.59 Å². The number of Topliss-reactive ketones (excluding diaryl/α,β-unsaturated/α-hetero) is 1. The molecule has 0 saturated carbocycles. The highest BCUT2D eigenvalue weighted by Crippen LogP contribution is 2.26. The molecule has 1 atom stereocenters. The number of esters is 1. The van der Waals surface area contributed by atoms with E-state index in [9.17, 15) is 14.4 Å². The van der Waals surface area contributed by atoms with Gasteiger partial charge in [-0.05, 0) is 31.5 Å². The Labute approximate surface area is 110 Å². The molecule has 1 aromatic carbocycles. The highest BCUT2D eigenvalue weighted by molar-refractivity contribution is 6.31. The van der Waals surface area contributed by atoms with E-state index in [0.717, 1.165) is 0 Å². The van der Waals surface area contributed by atoms with Crippen molar-refractivity contribution in [3.63, 3.8) is 0 Å². The maximum atomic E-state index is 11.7. The predicted molar refractivity (Wildman–Crippen MR) is 67.1 cm³/mol. The number of hydrogen-bond donors (Lipinski definition) is 0. The molecule has 0 aliphatic rings. The largest absolute Gasteiger partial charge is 0.462 e. The van der Waals surface area contributed by atoms with Gasteiger partial charge in [0.15, 0.2) is 5.78 Å². The van der Waals surface area contributed by atoms with Crippen molar-refractivity contribution >= 4 is 29.6 Å². The van der Waals surface area contributed by atoms with Gasteiger partial charge < -0.3 is 4.74 Å². The maximum absolute atomic E-state index is 11.7. The molecule has 1 unspecified atom stereocenters. The van der Waals surface area contributed by atoms with Gasteiger partial charge in [-0.2, -0.15) is 0 Å². The second-order valence-electron chi connectivity index (χ2n) is 3.66. The van der Waals surface area contributed by atoms with Gasteiger partial charge in [0, 0.05) is 5.56 Å². The highest BCUT2D eigenvalue weighted by atomic mass is 35.5. The molecule has 0 saturated heterocycles. The van der Waals surface area contributed by atoms with Gasteiger partial charge in [-0.15, -0.1) is 11.6 Å². The molecular formula is C13H13ClO4. The molecule has 1 rings (SSSR count). The first kappa shape index (κ1) is 14.4. The summed E-state index contributed by atoms with van der Waals surface area (Å²) in [5, 5.41) is -0.968. The molecule has 18 heavy (non-hydrogen) atoms. The fourth-order valence-corrected chi connectivity index (χ4v) is 1.66. The zero-order chi connectivity index (χ0) is 13.7. The van der Waals surface area contributed by atoms with Crippen molar-refractivity contribution < 1.29 is 19.1 Å². The zero-order valence-corrected chi connectivity index (χ0v) is 10.9. The van der Waals surface area contributed by atoms with Gasteiger partial charge in [-0.1, -0.05) is 6.07 Å². The molecule has 0 fully saturated rings. The number of carbonyl (C=O) groups excluding carboxylic acids is 3. The molecule has 0 bridgehead atoms. The predicted octanol–water partition coefficient (Wildman–Crippen LogP) is 2.54. The van der Waals surface area contributed by atoms with Gasteiger partial charge in [0.25, 0.3) is 0 Å². The van der Waals surface area contributed by atoms with Crippen molar-refractivity contribution in [1.82, 2.24) is 0 Å². The van der Waals surface area contributed by atoms with Crippen molar-refractivity contribution in [2.24, 2.45) is 0 Å². The fourth-order valence-electron chi connectivity index (χ4n) is 1.48. The van der Waals surface area contributed by atoms with Crippen LogP contribution in [-0.4, -0.2) is 24.6 Å².